The van der Waals surface area contributed by atoms with Gasteiger partial charge in [-0.15, -0.1) is 0 Å². The van der Waals surface area contributed by atoms with Gasteiger partial charge in [0.1, 0.15) is 19.0 Å². The maximum absolute atomic E-state index is 12.9. The van der Waals surface area contributed by atoms with E-state index in [9.17, 15) is 4.79 Å². The number of allylic oxidation sites excluding steroid dienone is 1. The second-order valence-corrected chi connectivity index (χ2v) is 11.7. The number of hydrogen-bond acceptors (Lipinski definition) is 8. The lowest BCUT2D eigenvalue weighted by atomic mass is 9.91. The first kappa shape index (κ1) is 31.8. The van der Waals surface area contributed by atoms with E-state index in [1.165, 1.54) is 18.4 Å². The van der Waals surface area contributed by atoms with Gasteiger partial charge in [-0.25, -0.2) is 0 Å². The van der Waals surface area contributed by atoms with Crippen LogP contribution in [0.5, 0.6) is 11.5 Å². The van der Waals surface area contributed by atoms with Gasteiger partial charge in [0.25, 0.3) is 0 Å². The molecule has 2 aliphatic heterocycles. The Kier molecular flexibility index (Phi) is 11.1. The van der Waals surface area contributed by atoms with Gasteiger partial charge in [0, 0.05) is 65.5 Å². The van der Waals surface area contributed by atoms with Crippen molar-refractivity contribution in [2.75, 3.05) is 60.7 Å². The molecule has 1 saturated carbocycles. The molecule has 1 aliphatic carbocycles. The van der Waals surface area contributed by atoms with Gasteiger partial charge < -0.3 is 28.6 Å². The molecule has 0 aromatic heterocycles. The predicted octanol–water partition coefficient (Wildman–Crippen LogP) is 4.93. The summed E-state index contributed by atoms with van der Waals surface area (Å²) in [6.07, 6.45) is 8.09. The third-order valence-electron chi connectivity index (χ3n) is 8.71. The number of likely N-dealkylation sites (tertiary alicyclic amines) is 2. The van der Waals surface area contributed by atoms with E-state index in [2.05, 4.69) is 46.9 Å². The molecule has 9 nitrogen and oxygen atoms in total. The van der Waals surface area contributed by atoms with Crippen molar-refractivity contribution in [3.05, 3.63) is 83.3 Å². The van der Waals surface area contributed by atoms with Crippen LogP contribution in [0.4, 0.5) is 0 Å². The monoisotopic (exact) mass is 603 g/mol. The third-order valence-corrected chi connectivity index (χ3v) is 8.71. The summed E-state index contributed by atoms with van der Waals surface area (Å²) in [7, 11) is 5.08. The summed E-state index contributed by atoms with van der Waals surface area (Å²) < 4.78 is 28.8. The standard InChI is InChI=1S/C35H45N3O6/c1-36-16-15-30(43-18-17-37-22-33(41-3)34(23-37)42-4)12-14-35(39)38-20-29(21-38)28-11-13-31(32(19-28)40-2)44-24-25-5-7-26(8-6-25)27-9-10-27/h5-8,11-13,15-16,19,27,29,33-34H,1,9-10,14,17-18,20-24H2,2-4H3/b16-15-,30-12+/t33-,34?/m1/s1. The number of hydrogen-bond donors (Lipinski definition) is 0. The van der Waals surface area contributed by atoms with Gasteiger partial charge in [-0.3, -0.25) is 14.7 Å². The first-order chi connectivity index (χ1) is 21.5. The fourth-order valence-corrected chi connectivity index (χ4v) is 5.78. The summed E-state index contributed by atoms with van der Waals surface area (Å²) in [5, 5.41) is 0. The molecule has 44 heavy (non-hydrogen) atoms. The Morgan fingerprint density at radius 3 is 2.27 bits per heavy atom. The smallest absolute Gasteiger partial charge is 0.226 e. The quantitative estimate of drug-likeness (QED) is 0.153. The molecule has 3 fully saturated rings. The lowest BCUT2D eigenvalue weighted by Crippen LogP contribution is -2.48. The number of benzene rings is 2. The van der Waals surface area contributed by atoms with Crippen LogP contribution in [0.3, 0.4) is 0 Å². The Hall–Kier alpha value is -3.66. The summed E-state index contributed by atoms with van der Waals surface area (Å²) >= 11 is 0. The van der Waals surface area contributed by atoms with Crippen molar-refractivity contribution in [3.8, 4) is 11.5 Å². The number of carbonyl (C=O) groups excluding carboxylic acids is 1. The lowest BCUT2D eigenvalue weighted by Gasteiger charge is -2.39. The molecule has 1 unspecified atom stereocenters. The Morgan fingerprint density at radius 1 is 0.932 bits per heavy atom. The Balaban J connectivity index is 1.07. The van der Waals surface area contributed by atoms with Crippen LogP contribution in [0.15, 0.2) is 71.6 Å². The van der Waals surface area contributed by atoms with Crippen LogP contribution in [0.2, 0.25) is 0 Å². The number of rotatable bonds is 16. The van der Waals surface area contributed by atoms with Crippen molar-refractivity contribution in [1.29, 1.82) is 0 Å². The number of nitrogens with zero attached hydrogens (tertiary/aromatic N) is 3. The van der Waals surface area contributed by atoms with Crippen molar-refractivity contribution in [2.24, 2.45) is 4.99 Å². The molecule has 2 saturated heterocycles. The minimum absolute atomic E-state index is 0.0601. The summed E-state index contributed by atoms with van der Waals surface area (Å²) in [5.74, 6) is 3.10. The van der Waals surface area contributed by atoms with Gasteiger partial charge in [-0.1, -0.05) is 30.3 Å². The van der Waals surface area contributed by atoms with Crippen molar-refractivity contribution in [3.63, 3.8) is 0 Å². The van der Waals surface area contributed by atoms with E-state index in [1.807, 2.05) is 23.1 Å². The maximum Gasteiger partial charge on any atom is 0.226 e. The van der Waals surface area contributed by atoms with Crippen LogP contribution in [0, 0.1) is 0 Å². The first-order valence-corrected chi connectivity index (χ1v) is 15.4. The van der Waals surface area contributed by atoms with Gasteiger partial charge in [0.05, 0.1) is 19.3 Å². The molecule has 0 spiro atoms. The van der Waals surface area contributed by atoms with Crippen molar-refractivity contribution in [2.45, 2.75) is 49.9 Å². The third kappa shape index (κ3) is 8.28. The molecule has 0 N–H and O–H groups in total. The van der Waals surface area contributed by atoms with E-state index >= 15 is 0 Å². The number of ether oxygens (including phenoxy) is 5. The Labute approximate surface area is 261 Å². The highest BCUT2D eigenvalue weighted by molar-refractivity contribution is 5.79. The number of aliphatic imine (C=N–C) groups is 1. The highest BCUT2D eigenvalue weighted by Crippen LogP contribution is 2.40. The van der Waals surface area contributed by atoms with Gasteiger partial charge in [-0.2, -0.15) is 0 Å². The molecule has 9 heteroatoms. The SMILES string of the molecule is C=N/C=C\C(=C/CC(=O)N1CC(c2ccc(OCc3ccc(C4CC4)cc3)c(OC)c2)C1)OCCN1CC(OC)[C@H](OC)C1. The molecular formula is C35H45N3O6. The van der Waals surface area contributed by atoms with Gasteiger partial charge in [0.2, 0.25) is 5.91 Å². The van der Waals surface area contributed by atoms with Crippen molar-refractivity contribution < 1.29 is 28.5 Å². The van der Waals surface area contributed by atoms with E-state index < -0.39 is 0 Å². The van der Waals surface area contributed by atoms with Gasteiger partial charge >= 0.3 is 0 Å². The highest BCUT2D eigenvalue weighted by atomic mass is 16.5. The lowest BCUT2D eigenvalue weighted by molar-refractivity contribution is -0.134. The second-order valence-electron chi connectivity index (χ2n) is 11.7. The molecule has 5 rings (SSSR count). The zero-order chi connectivity index (χ0) is 30.9. The molecule has 0 radical (unpaired) electrons. The highest BCUT2D eigenvalue weighted by Gasteiger charge is 2.33. The van der Waals surface area contributed by atoms with Crippen LogP contribution in [0.25, 0.3) is 0 Å². The normalized spacial score (nSPS) is 21.0. The molecule has 2 aromatic carbocycles. The fourth-order valence-electron chi connectivity index (χ4n) is 5.78. The minimum Gasteiger partial charge on any atom is -0.493 e. The molecule has 2 aromatic rings. The summed E-state index contributed by atoms with van der Waals surface area (Å²) in [6.45, 7) is 8.13. The molecule has 2 atom stereocenters. The zero-order valence-corrected chi connectivity index (χ0v) is 26.2. The molecular weight excluding hydrogens is 558 g/mol. The van der Waals surface area contributed by atoms with Crippen LogP contribution in [-0.2, 0) is 25.6 Å². The molecule has 236 valence electrons. The van der Waals surface area contributed by atoms with E-state index in [0.29, 0.717) is 37.8 Å². The predicted molar refractivity (Wildman–Crippen MR) is 170 cm³/mol. The largest absolute Gasteiger partial charge is 0.493 e. The number of amides is 1. The second kappa shape index (κ2) is 15.4. The van der Waals surface area contributed by atoms with E-state index in [4.69, 9.17) is 23.7 Å². The van der Waals surface area contributed by atoms with Crippen LogP contribution in [-0.4, -0.2) is 95.3 Å². The van der Waals surface area contributed by atoms with Crippen molar-refractivity contribution in [1.82, 2.24) is 9.80 Å². The first-order valence-electron chi connectivity index (χ1n) is 15.4. The Bertz CT molecular complexity index is 1300. The van der Waals surface area contributed by atoms with Crippen LogP contribution >= 0.6 is 0 Å². The van der Waals surface area contributed by atoms with Crippen LogP contribution in [0.1, 0.15) is 47.8 Å². The molecule has 0 bridgehead atoms. The number of carbonyl (C=O) groups is 1. The van der Waals surface area contributed by atoms with Crippen LogP contribution < -0.4 is 9.47 Å². The topological polar surface area (TPSA) is 82.1 Å². The fraction of sp³-hybridized carbons (Fsp3) is 0.486. The van der Waals surface area contributed by atoms with E-state index in [-0.39, 0.29) is 30.5 Å². The summed E-state index contributed by atoms with van der Waals surface area (Å²) in [4.78, 5) is 20.9. The maximum atomic E-state index is 12.9. The summed E-state index contributed by atoms with van der Waals surface area (Å²) in [5.41, 5.74) is 3.70. The zero-order valence-electron chi connectivity index (χ0n) is 26.2. The van der Waals surface area contributed by atoms with E-state index in [1.54, 1.807) is 33.6 Å². The molecule has 3 aliphatic rings. The molecule has 1 amide bonds. The number of methoxy groups -OCH3 is 3. The van der Waals surface area contributed by atoms with Crippen molar-refractivity contribution >= 4 is 12.6 Å². The minimum atomic E-state index is 0.0601. The average Bonchev–Trinajstić information content (AvgIpc) is 3.80. The average molecular weight is 604 g/mol. The molecule has 2 heterocycles. The Morgan fingerprint density at radius 2 is 1.64 bits per heavy atom. The summed E-state index contributed by atoms with van der Waals surface area (Å²) in [6, 6.07) is 14.8. The van der Waals surface area contributed by atoms with Gasteiger partial charge in [-0.05, 0) is 66.5 Å². The van der Waals surface area contributed by atoms with E-state index in [0.717, 1.165) is 42.4 Å². The van der Waals surface area contributed by atoms with Gasteiger partial charge in [0.15, 0.2) is 11.5 Å².